The Morgan fingerprint density at radius 1 is 1.14 bits per heavy atom. The monoisotopic (exact) mass is 328 g/mol. The summed E-state index contributed by atoms with van der Waals surface area (Å²) in [7, 11) is 0. The van der Waals surface area contributed by atoms with Gasteiger partial charge < -0.3 is 5.32 Å². The number of hydrogen-bond acceptors (Lipinski definition) is 2. The lowest BCUT2D eigenvalue weighted by Gasteiger charge is -2.52. The fourth-order valence-electron chi connectivity index (χ4n) is 2.87. The number of nitrogens with zero attached hydrogens (tertiary/aromatic N) is 1. The van der Waals surface area contributed by atoms with Crippen LogP contribution in [-0.4, -0.2) is 29.1 Å². The van der Waals surface area contributed by atoms with Crippen molar-refractivity contribution in [1.29, 1.82) is 0 Å². The summed E-state index contributed by atoms with van der Waals surface area (Å²) in [6, 6.07) is 5.96. The summed E-state index contributed by atoms with van der Waals surface area (Å²) in [5, 5.41) is 5.00. The summed E-state index contributed by atoms with van der Waals surface area (Å²) in [5.41, 5.74) is 1.59. The average molecular weight is 329 g/mol. The first-order valence-corrected chi connectivity index (χ1v) is 8.51. The quantitative estimate of drug-likeness (QED) is 0.859. The molecular weight excluding hydrogens is 303 g/mol. The Hall–Kier alpha value is -0.280. The van der Waals surface area contributed by atoms with Crippen molar-refractivity contribution >= 4 is 23.2 Å². The summed E-state index contributed by atoms with van der Waals surface area (Å²) in [5.74, 6) is 0. The molecule has 0 aliphatic carbocycles. The average Bonchev–Trinajstić information content (AvgIpc) is 2.47. The van der Waals surface area contributed by atoms with Gasteiger partial charge in [0.25, 0.3) is 0 Å². The fraction of sp³-hybridized carbons (Fsp3) is 0.647. The van der Waals surface area contributed by atoms with Gasteiger partial charge in [0.2, 0.25) is 0 Å². The molecule has 1 N–H and O–H groups in total. The van der Waals surface area contributed by atoms with E-state index < -0.39 is 0 Å². The van der Waals surface area contributed by atoms with Gasteiger partial charge >= 0.3 is 0 Å². The zero-order valence-corrected chi connectivity index (χ0v) is 15.0. The highest BCUT2D eigenvalue weighted by molar-refractivity contribution is 6.42. The van der Waals surface area contributed by atoms with Gasteiger partial charge in [0.05, 0.1) is 10.0 Å². The van der Waals surface area contributed by atoms with Crippen LogP contribution in [0.2, 0.25) is 10.0 Å². The molecule has 1 heterocycles. The lowest BCUT2D eigenvalue weighted by Crippen LogP contribution is -2.67. The lowest BCUT2D eigenvalue weighted by atomic mass is 9.85. The lowest BCUT2D eigenvalue weighted by molar-refractivity contribution is 0.0104. The van der Waals surface area contributed by atoms with Crippen LogP contribution in [0.1, 0.15) is 46.1 Å². The standard InChI is InChI=1S/C17H26Cl2N2/c1-5-16(3)12-21(17(4,6-2)11-20-16)10-13-7-8-14(18)15(19)9-13/h7-9,20H,5-6,10-12H2,1-4H3. The molecule has 1 aromatic rings. The highest BCUT2D eigenvalue weighted by atomic mass is 35.5. The Labute approximate surface area is 138 Å². The van der Waals surface area contributed by atoms with E-state index in [1.165, 1.54) is 5.56 Å². The largest absolute Gasteiger partial charge is 0.308 e. The molecule has 0 radical (unpaired) electrons. The summed E-state index contributed by atoms with van der Waals surface area (Å²) in [6.07, 6.45) is 2.26. The number of rotatable bonds is 4. The number of nitrogens with one attached hydrogen (secondary N) is 1. The van der Waals surface area contributed by atoms with E-state index in [-0.39, 0.29) is 11.1 Å². The molecular formula is C17H26Cl2N2. The maximum atomic E-state index is 6.16. The minimum atomic E-state index is 0.181. The molecule has 2 atom stereocenters. The van der Waals surface area contributed by atoms with E-state index in [9.17, 15) is 0 Å². The second kappa shape index (κ2) is 6.45. The molecule has 0 aromatic heterocycles. The first-order valence-electron chi connectivity index (χ1n) is 7.76. The van der Waals surface area contributed by atoms with Crippen molar-refractivity contribution in [3.05, 3.63) is 33.8 Å². The van der Waals surface area contributed by atoms with E-state index in [0.29, 0.717) is 10.0 Å². The van der Waals surface area contributed by atoms with Gasteiger partial charge in [-0.05, 0) is 44.4 Å². The fourth-order valence-corrected chi connectivity index (χ4v) is 3.19. The molecule has 2 unspecified atom stereocenters. The Kier molecular flexibility index (Phi) is 5.25. The normalized spacial score (nSPS) is 30.6. The van der Waals surface area contributed by atoms with Crippen LogP contribution in [0.15, 0.2) is 18.2 Å². The van der Waals surface area contributed by atoms with Gasteiger partial charge in [-0.25, -0.2) is 0 Å². The van der Waals surface area contributed by atoms with Crippen LogP contribution in [0, 0.1) is 0 Å². The van der Waals surface area contributed by atoms with Gasteiger partial charge in [0.15, 0.2) is 0 Å². The third-order valence-electron chi connectivity index (χ3n) is 5.10. The second-order valence-electron chi connectivity index (χ2n) is 6.72. The molecule has 21 heavy (non-hydrogen) atoms. The van der Waals surface area contributed by atoms with Crippen molar-refractivity contribution < 1.29 is 0 Å². The molecule has 0 amide bonds. The van der Waals surface area contributed by atoms with Crippen molar-refractivity contribution in [2.45, 2.75) is 58.2 Å². The summed E-state index contributed by atoms with van der Waals surface area (Å²) < 4.78 is 0. The summed E-state index contributed by atoms with van der Waals surface area (Å²) in [6.45, 7) is 12.1. The van der Waals surface area contributed by atoms with Gasteiger partial charge in [-0.3, -0.25) is 4.90 Å². The number of hydrogen-bond donors (Lipinski definition) is 1. The smallest absolute Gasteiger partial charge is 0.0595 e. The van der Waals surface area contributed by atoms with E-state index >= 15 is 0 Å². The van der Waals surface area contributed by atoms with E-state index in [4.69, 9.17) is 23.2 Å². The van der Waals surface area contributed by atoms with Gasteiger partial charge in [0, 0.05) is 30.7 Å². The van der Waals surface area contributed by atoms with Gasteiger partial charge in [-0.1, -0.05) is 43.1 Å². The number of benzene rings is 1. The van der Waals surface area contributed by atoms with Gasteiger partial charge in [0.1, 0.15) is 0 Å². The zero-order chi connectivity index (χ0) is 15.7. The Bertz CT molecular complexity index is 506. The molecule has 0 bridgehead atoms. The predicted molar refractivity (Wildman–Crippen MR) is 92.3 cm³/mol. The minimum Gasteiger partial charge on any atom is -0.308 e. The van der Waals surface area contributed by atoms with Crippen LogP contribution < -0.4 is 5.32 Å². The van der Waals surface area contributed by atoms with Gasteiger partial charge in [-0.15, -0.1) is 0 Å². The molecule has 1 aliphatic heterocycles. The van der Waals surface area contributed by atoms with Crippen LogP contribution in [0.4, 0.5) is 0 Å². The number of piperazine rings is 1. The Morgan fingerprint density at radius 2 is 1.86 bits per heavy atom. The maximum Gasteiger partial charge on any atom is 0.0595 e. The SMILES string of the molecule is CCC1(C)CN(Cc2ccc(Cl)c(Cl)c2)C(C)(CC)CN1. The van der Waals surface area contributed by atoms with Crippen molar-refractivity contribution in [2.75, 3.05) is 13.1 Å². The third kappa shape index (κ3) is 3.73. The molecule has 4 heteroatoms. The summed E-state index contributed by atoms with van der Waals surface area (Å²) in [4.78, 5) is 2.59. The molecule has 0 spiro atoms. The number of halogens is 2. The maximum absolute atomic E-state index is 6.16. The van der Waals surface area contributed by atoms with Crippen molar-refractivity contribution in [3.63, 3.8) is 0 Å². The third-order valence-corrected chi connectivity index (χ3v) is 5.84. The molecule has 1 saturated heterocycles. The van der Waals surface area contributed by atoms with Gasteiger partial charge in [-0.2, -0.15) is 0 Å². The van der Waals surface area contributed by atoms with Crippen molar-refractivity contribution in [3.8, 4) is 0 Å². The molecule has 0 saturated carbocycles. The first-order chi connectivity index (χ1) is 9.82. The van der Waals surface area contributed by atoms with Crippen LogP contribution in [0.5, 0.6) is 0 Å². The first kappa shape index (κ1) is 17.1. The van der Waals surface area contributed by atoms with E-state index in [1.807, 2.05) is 12.1 Å². The topological polar surface area (TPSA) is 15.3 Å². The molecule has 1 aromatic carbocycles. The van der Waals surface area contributed by atoms with Crippen LogP contribution in [0.25, 0.3) is 0 Å². The van der Waals surface area contributed by atoms with E-state index in [2.05, 4.69) is 44.0 Å². The van der Waals surface area contributed by atoms with Crippen molar-refractivity contribution in [1.82, 2.24) is 10.2 Å². The van der Waals surface area contributed by atoms with Crippen LogP contribution in [-0.2, 0) is 6.54 Å². The van der Waals surface area contributed by atoms with E-state index in [0.717, 1.165) is 32.5 Å². The van der Waals surface area contributed by atoms with Crippen molar-refractivity contribution in [2.24, 2.45) is 0 Å². The minimum absolute atomic E-state index is 0.181. The molecule has 1 fully saturated rings. The molecule has 2 rings (SSSR count). The second-order valence-corrected chi connectivity index (χ2v) is 7.54. The summed E-state index contributed by atoms with van der Waals surface area (Å²) >= 11 is 12.2. The highest BCUT2D eigenvalue weighted by Crippen LogP contribution is 2.31. The molecule has 118 valence electrons. The van der Waals surface area contributed by atoms with E-state index in [1.54, 1.807) is 0 Å². The van der Waals surface area contributed by atoms with Crippen LogP contribution in [0.3, 0.4) is 0 Å². The molecule has 2 nitrogen and oxygen atoms in total. The highest BCUT2D eigenvalue weighted by Gasteiger charge is 2.40. The zero-order valence-electron chi connectivity index (χ0n) is 13.5. The Morgan fingerprint density at radius 3 is 2.43 bits per heavy atom. The Balaban J connectivity index is 2.22. The van der Waals surface area contributed by atoms with Crippen LogP contribution >= 0.6 is 23.2 Å². The predicted octanol–water partition coefficient (Wildman–Crippen LogP) is 4.74. The molecule has 1 aliphatic rings.